The third kappa shape index (κ3) is 3.08. The minimum absolute atomic E-state index is 0.0399. The van der Waals surface area contributed by atoms with E-state index in [2.05, 4.69) is 13.2 Å². The first-order valence-corrected chi connectivity index (χ1v) is 5.83. The minimum atomic E-state index is -1.22. The van der Waals surface area contributed by atoms with Gasteiger partial charge in [-0.05, 0) is 25.0 Å². The van der Waals surface area contributed by atoms with E-state index in [1.165, 1.54) is 0 Å². The Morgan fingerprint density at radius 2 is 2.12 bits per heavy atom. The van der Waals surface area contributed by atoms with E-state index in [0.29, 0.717) is 25.8 Å². The van der Waals surface area contributed by atoms with E-state index in [9.17, 15) is 10.2 Å². The van der Waals surface area contributed by atoms with Crippen molar-refractivity contribution >= 4 is 0 Å². The second-order valence-electron chi connectivity index (χ2n) is 4.41. The number of hydrogen-bond donors (Lipinski definition) is 3. The van der Waals surface area contributed by atoms with Gasteiger partial charge in [-0.1, -0.05) is 23.8 Å². The van der Waals surface area contributed by atoms with E-state index in [4.69, 9.17) is 5.73 Å². The second kappa shape index (κ2) is 5.84. The minimum Gasteiger partial charge on any atom is -0.509 e. The summed E-state index contributed by atoms with van der Waals surface area (Å²) in [7, 11) is 0. The number of rotatable bonds is 6. The molecule has 0 saturated carbocycles. The number of allylic oxidation sites excluding steroid dienone is 3. The van der Waals surface area contributed by atoms with Crippen LogP contribution in [0.5, 0.6) is 0 Å². The molecule has 3 nitrogen and oxygen atoms in total. The van der Waals surface area contributed by atoms with Gasteiger partial charge in [-0.15, -0.1) is 13.2 Å². The molecule has 0 bridgehead atoms. The smallest absolute Gasteiger partial charge is 0.129 e. The van der Waals surface area contributed by atoms with Crippen molar-refractivity contribution in [2.24, 2.45) is 5.73 Å². The highest BCUT2D eigenvalue weighted by molar-refractivity contribution is 5.38. The molecular formula is C14H21NO2. The number of nitrogens with two attached hydrogens (primary N) is 1. The molecule has 1 atom stereocenters. The largest absolute Gasteiger partial charge is 0.509 e. The standard InChI is InChI=1S/C14H21NO2/c1-3-5-12-9-11(6-8-15)10-14(17,7-4-2)13(12)16/h3-4,9,16-17H,1-2,5-8,10,15H2. The Morgan fingerprint density at radius 3 is 2.65 bits per heavy atom. The van der Waals surface area contributed by atoms with Crippen LogP contribution in [0.1, 0.15) is 25.7 Å². The van der Waals surface area contributed by atoms with Gasteiger partial charge in [-0.3, -0.25) is 0 Å². The van der Waals surface area contributed by atoms with Gasteiger partial charge >= 0.3 is 0 Å². The van der Waals surface area contributed by atoms with Gasteiger partial charge in [0.1, 0.15) is 11.4 Å². The van der Waals surface area contributed by atoms with Crippen LogP contribution in [0.2, 0.25) is 0 Å². The molecule has 17 heavy (non-hydrogen) atoms. The molecule has 0 aromatic carbocycles. The monoisotopic (exact) mass is 235 g/mol. The summed E-state index contributed by atoms with van der Waals surface area (Å²) in [5, 5.41) is 20.5. The van der Waals surface area contributed by atoms with E-state index in [1.54, 1.807) is 12.2 Å². The maximum Gasteiger partial charge on any atom is 0.129 e. The fraction of sp³-hybridized carbons (Fsp3) is 0.429. The topological polar surface area (TPSA) is 66.5 Å². The van der Waals surface area contributed by atoms with Crippen LogP contribution in [0.4, 0.5) is 0 Å². The van der Waals surface area contributed by atoms with E-state index in [1.807, 2.05) is 6.08 Å². The predicted molar refractivity (Wildman–Crippen MR) is 70.6 cm³/mol. The molecule has 0 amide bonds. The molecule has 0 aromatic rings. The average Bonchev–Trinajstić information content (AvgIpc) is 2.26. The highest BCUT2D eigenvalue weighted by atomic mass is 16.3. The molecule has 1 unspecified atom stereocenters. The molecule has 0 fully saturated rings. The summed E-state index contributed by atoms with van der Waals surface area (Å²) in [5.41, 5.74) is 6.09. The van der Waals surface area contributed by atoms with Crippen molar-refractivity contribution in [2.75, 3.05) is 6.54 Å². The Balaban J connectivity index is 3.08. The molecule has 0 spiro atoms. The van der Waals surface area contributed by atoms with Crippen LogP contribution in [-0.2, 0) is 0 Å². The normalized spacial score (nSPS) is 24.5. The highest BCUT2D eigenvalue weighted by Gasteiger charge is 2.35. The van der Waals surface area contributed by atoms with Gasteiger partial charge in [0.2, 0.25) is 0 Å². The Bertz CT molecular complexity index is 368. The summed E-state index contributed by atoms with van der Waals surface area (Å²) in [6.07, 6.45) is 7.27. The Morgan fingerprint density at radius 1 is 1.41 bits per heavy atom. The van der Waals surface area contributed by atoms with Gasteiger partial charge in [0.05, 0.1) is 0 Å². The van der Waals surface area contributed by atoms with Crippen molar-refractivity contribution in [1.29, 1.82) is 0 Å². The summed E-state index contributed by atoms with van der Waals surface area (Å²) in [5.74, 6) is 0.0399. The molecule has 0 heterocycles. The maximum atomic E-state index is 10.4. The Labute approximate surface area is 103 Å². The third-order valence-electron chi connectivity index (χ3n) is 2.95. The fourth-order valence-electron chi connectivity index (χ4n) is 2.19. The van der Waals surface area contributed by atoms with Crippen LogP contribution in [0, 0.1) is 0 Å². The summed E-state index contributed by atoms with van der Waals surface area (Å²) in [6.45, 7) is 7.81. The second-order valence-corrected chi connectivity index (χ2v) is 4.41. The molecule has 0 radical (unpaired) electrons. The number of aliphatic hydroxyl groups excluding tert-OH is 1. The van der Waals surface area contributed by atoms with Crippen LogP contribution in [-0.4, -0.2) is 22.4 Å². The zero-order valence-corrected chi connectivity index (χ0v) is 10.2. The van der Waals surface area contributed by atoms with E-state index in [0.717, 1.165) is 17.6 Å². The van der Waals surface area contributed by atoms with Crippen LogP contribution < -0.4 is 5.73 Å². The van der Waals surface area contributed by atoms with Crippen LogP contribution >= 0.6 is 0 Å². The van der Waals surface area contributed by atoms with Gasteiger partial charge in [0.15, 0.2) is 0 Å². The predicted octanol–water partition coefficient (Wildman–Crippen LogP) is 2.36. The first-order valence-electron chi connectivity index (χ1n) is 5.83. The van der Waals surface area contributed by atoms with Crippen LogP contribution in [0.15, 0.2) is 48.3 Å². The van der Waals surface area contributed by atoms with Crippen molar-refractivity contribution < 1.29 is 10.2 Å². The van der Waals surface area contributed by atoms with Gasteiger partial charge in [0.25, 0.3) is 0 Å². The maximum absolute atomic E-state index is 10.4. The summed E-state index contributed by atoms with van der Waals surface area (Å²) in [4.78, 5) is 0. The van der Waals surface area contributed by atoms with Gasteiger partial charge in [-0.2, -0.15) is 0 Å². The fourth-order valence-corrected chi connectivity index (χ4v) is 2.19. The molecule has 0 aliphatic heterocycles. The third-order valence-corrected chi connectivity index (χ3v) is 2.95. The van der Waals surface area contributed by atoms with Crippen molar-refractivity contribution in [3.05, 3.63) is 48.3 Å². The highest BCUT2D eigenvalue weighted by Crippen LogP contribution is 2.36. The first kappa shape index (κ1) is 13.7. The van der Waals surface area contributed by atoms with Crippen molar-refractivity contribution in [2.45, 2.75) is 31.3 Å². The average molecular weight is 235 g/mol. The zero-order valence-electron chi connectivity index (χ0n) is 10.2. The molecule has 94 valence electrons. The SMILES string of the molecule is C=CCC1=C(O)C(O)(CC=C)CC(CCN)=C1. The van der Waals surface area contributed by atoms with Crippen molar-refractivity contribution in [3.8, 4) is 0 Å². The lowest BCUT2D eigenvalue weighted by Gasteiger charge is -2.32. The van der Waals surface area contributed by atoms with E-state index in [-0.39, 0.29) is 5.76 Å². The van der Waals surface area contributed by atoms with Crippen molar-refractivity contribution in [1.82, 2.24) is 0 Å². The van der Waals surface area contributed by atoms with Gasteiger partial charge < -0.3 is 15.9 Å². The van der Waals surface area contributed by atoms with E-state index >= 15 is 0 Å². The molecule has 0 aromatic heterocycles. The number of aliphatic hydroxyl groups is 2. The molecular weight excluding hydrogens is 214 g/mol. The molecule has 1 rings (SSSR count). The quantitative estimate of drug-likeness (QED) is 0.619. The van der Waals surface area contributed by atoms with Crippen molar-refractivity contribution in [3.63, 3.8) is 0 Å². The molecule has 4 N–H and O–H groups in total. The summed E-state index contributed by atoms with van der Waals surface area (Å²) < 4.78 is 0. The molecule has 1 aliphatic carbocycles. The summed E-state index contributed by atoms with van der Waals surface area (Å²) >= 11 is 0. The van der Waals surface area contributed by atoms with Gasteiger partial charge in [0, 0.05) is 12.8 Å². The Hall–Kier alpha value is -1.32. The molecule has 0 saturated heterocycles. The molecule has 3 heteroatoms. The lowest BCUT2D eigenvalue weighted by Crippen LogP contribution is -2.34. The lowest BCUT2D eigenvalue weighted by atomic mass is 9.80. The van der Waals surface area contributed by atoms with Crippen LogP contribution in [0.3, 0.4) is 0 Å². The first-order chi connectivity index (χ1) is 8.07. The van der Waals surface area contributed by atoms with E-state index < -0.39 is 5.60 Å². The zero-order chi connectivity index (χ0) is 12.9. The Kier molecular flexibility index (Phi) is 4.73. The van der Waals surface area contributed by atoms with Crippen LogP contribution in [0.25, 0.3) is 0 Å². The molecule has 1 aliphatic rings. The lowest BCUT2D eigenvalue weighted by molar-refractivity contribution is 0.0337. The van der Waals surface area contributed by atoms with Gasteiger partial charge in [-0.25, -0.2) is 0 Å². The summed E-state index contributed by atoms with van der Waals surface area (Å²) in [6, 6.07) is 0. The number of hydrogen-bond acceptors (Lipinski definition) is 3.